The summed E-state index contributed by atoms with van der Waals surface area (Å²) < 4.78 is 0. The van der Waals surface area contributed by atoms with Gasteiger partial charge in [-0.25, -0.2) is 0 Å². The van der Waals surface area contributed by atoms with Crippen LogP contribution >= 0.6 is 0 Å². The molecule has 0 radical (unpaired) electrons. The van der Waals surface area contributed by atoms with E-state index in [-0.39, 0.29) is 0 Å². The predicted octanol–water partition coefficient (Wildman–Crippen LogP) is 2.63. The molecular formula is C18H28N2. The quantitative estimate of drug-likeness (QED) is 0.744. The molecule has 2 heteroatoms. The molecule has 1 unspecified atom stereocenters. The lowest BCUT2D eigenvalue weighted by Crippen LogP contribution is -2.45. The summed E-state index contributed by atoms with van der Waals surface area (Å²) in [6, 6.07) is 0.380. The summed E-state index contributed by atoms with van der Waals surface area (Å²) in [7, 11) is 0. The topological polar surface area (TPSA) is 29.3 Å². The van der Waals surface area contributed by atoms with Crippen LogP contribution in [0.1, 0.15) is 51.4 Å². The molecule has 5 fully saturated rings. The Morgan fingerprint density at radius 3 is 2.30 bits per heavy atom. The minimum Gasteiger partial charge on any atom is -0.327 e. The maximum absolute atomic E-state index is 6.05. The highest BCUT2D eigenvalue weighted by atomic mass is 15.1. The molecule has 1 saturated heterocycles. The van der Waals surface area contributed by atoms with Gasteiger partial charge in [0.15, 0.2) is 0 Å². The molecule has 4 saturated carbocycles. The molecule has 1 heterocycles. The third-order valence-electron chi connectivity index (χ3n) is 6.24. The Morgan fingerprint density at radius 2 is 1.70 bits per heavy atom. The first kappa shape index (κ1) is 13.2. The smallest absolute Gasteiger partial charge is 0.0602 e. The molecule has 0 aromatic carbocycles. The second-order valence-electron chi connectivity index (χ2n) is 8.14. The minimum absolute atomic E-state index is 0.380. The normalized spacial score (nSPS) is 47.0. The summed E-state index contributed by atoms with van der Waals surface area (Å²) in [5.41, 5.74) is 6.48. The molecule has 2 N–H and O–H groups in total. The number of rotatable bonds is 1. The zero-order valence-corrected chi connectivity index (χ0v) is 12.6. The van der Waals surface area contributed by atoms with Crippen molar-refractivity contribution >= 4 is 0 Å². The maximum Gasteiger partial charge on any atom is 0.0602 e. The monoisotopic (exact) mass is 272 g/mol. The number of piperidine rings is 1. The van der Waals surface area contributed by atoms with Crippen LogP contribution in [-0.4, -0.2) is 30.6 Å². The molecule has 5 aliphatic rings. The largest absolute Gasteiger partial charge is 0.327 e. The van der Waals surface area contributed by atoms with Gasteiger partial charge < -0.3 is 5.73 Å². The van der Waals surface area contributed by atoms with Gasteiger partial charge in [0.25, 0.3) is 0 Å². The van der Waals surface area contributed by atoms with Gasteiger partial charge in [0.1, 0.15) is 0 Å². The van der Waals surface area contributed by atoms with Gasteiger partial charge >= 0.3 is 0 Å². The van der Waals surface area contributed by atoms with Gasteiger partial charge in [-0.2, -0.15) is 0 Å². The van der Waals surface area contributed by atoms with Gasteiger partial charge in [-0.1, -0.05) is 11.8 Å². The predicted molar refractivity (Wildman–Crippen MR) is 82.0 cm³/mol. The Kier molecular flexibility index (Phi) is 3.32. The SMILES string of the molecule is NC1CCCN(CC#CC23CC4CC(CC(C4)C2)C3)C1. The molecule has 1 atom stereocenters. The van der Waals surface area contributed by atoms with Crippen LogP contribution in [0.2, 0.25) is 0 Å². The number of hydrogen-bond acceptors (Lipinski definition) is 2. The maximum atomic E-state index is 6.05. The summed E-state index contributed by atoms with van der Waals surface area (Å²) in [4.78, 5) is 2.46. The van der Waals surface area contributed by atoms with Gasteiger partial charge in [-0.3, -0.25) is 4.90 Å². The number of nitrogens with two attached hydrogens (primary N) is 1. The van der Waals surface area contributed by atoms with E-state index >= 15 is 0 Å². The molecule has 2 nitrogen and oxygen atoms in total. The first-order valence-corrected chi connectivity index (χ1v) is 8.69. The van der Waals surface area contributed by atoms with Crippen LogP contribution in [0.15, 0.2) is 0 Å². The molecule has 0 aromatic rings. The molecule has 110 valence electrons. The minimum atomic E-state index is 0.380. The fourth-order valence-electron chi connectivity index (χ4n) is 5.84. The summed E-state index contributed by atoms with van der Waals surface area (Å²) in [5, 5.41) is 0. The molecule has 20 heavy (non-hydrogen) atoms. The van der Waals surface area contributed by atoms with Crippen LogP contribution in [0.4, 0.5) is 0 Å². The van der Waals surface area contributed by atoms with Crippen molar-refractivity contribution in [1.29, 1.82) is 0 Å². The lowest BCUT2D eigenvalue weighted by atomic mass is 9.50. The van der Waals surface area contributed by atoms with Crippen LogP contribution in [0.3, 0.4) is 0 Å². The van der Waals surface area contributed by atoms with Crippen molar-refractivity contribution in [3.63, 3.8) is 0 Å². The molecule has 0 amide bonds. The Balaban J connectivity index is 1.40. The second kappa shape index (κ2) is 5.04. The fraction of sp³-hybridized carbons (Fsp3) is 0.889. The van der Waals surface area contributed by atoms with Gasteiger partial charge in [0, 0.05) is 18.0 Å². The molecule has 4 bridgehead atoms. The van der Waals surface area contributed by atoms with E-state index in [1.807, 2.05) is 0 Å². The Morgan fingerprint density at radius 1 is 1.05 bits per heavy atom. The summed E-state index contributed by atoms with van der Waals surface area (Å²) in [6.45, 7) is 3.20. The van der Waals surface area contributed by atoms with Crippen LogP contribution < -0.4 is 5.73 Å². The van der Waals surface area contributed by atoms with E-state index in [1.54, 1.807) is 0 Å². The number of hydrogen-bond donors (Lipinski definition) is 1. The lowest BCUT2D eigenvalue weighted by Gasteiger charge is -2.54. The zero-order valence-electron chi connectivity index (χ0n) is 12.6. The van der Waals surface area contributed by atoms with Crippen molar-refractivity contribution in [2.45, 2.75) is 57.4 Å². The molecule has 0 aromatic heterocycles. The summed E-state index contributed by atoms with van der Waals surface area (Å²) in [5.74, 6) is 10.3. The van der Waals surface area contributed by atoms with Gasteiger partial charge in [-0.15, -0.1) is 0 Å². The Labute approximate surface area is 123 Å². The van der Waals surface area contributed by atoms with E-state index < -0.39 is 0 Å². The van der Waals surface area contributed by atoms with Gasteiger partial charge in [0.05, 0.1) is 6.54 Å². The van der Waals surface area contributed by atoms with Gasteiger partial charge in [-0.05, 0) is 75.7 Å². The highest BCUT2D eigenvalue weighted by molar-refractivity contribution is 5.19. The van der Waals surface area contributed by atoms with E-state index in [0.29, 0.717) is 11.5 Å². The van der Waals surface area contributed by atoms with E-state index in [4.69, 9.17) is 5.73 Å². The summed E-state index contributed by atoms with van der Waals surface area (Å²) >= 11 is 0. The van der Waals surface area contributed by atoms with Crippen LogP contribution in [-0.2, 0) is 0 Å². The van der Waals surface area contributed by atoms with E-state index in [1.165, 1.54) is 57.9 Å². The van der Waals surface area contributed by atoms with Crippen molar-refractivity contribution in [1.82, 2.24) is 4.90 Å². The van der Waals surface area contributed by atoms with E-state index in [2.05, 4.69) is 16.7 Å². The molecule has 5 rings (SSSR count). The molecule has 0 spiro atoms. The van der Waals surface area contributed by atoms with Crippen LogP contribution in [0.25, 0.3) is 0 Å². The van der Waals surface area contributed by atoms with Crippen LogP contribution in [0, 0.1) is 35.0 Å². The lowest BCUT2D eigenvalue weighted by molar-refractivity contribution is -0.0182. The number of likely N-dealkylation sites (tertiary alicyclic amines) is 1. The third kappa shape index (κ3) is 2.51. The van der Waals surface area contributed by atoms with E-state index in [9.17, 15) is 0 Å². The highest BCUT2D eigenvalue weighted by Crippen LogP contribution is 2.59. The van der Waals surface area contributed by atoms with Crippen molar-refractivity contribution in [2.24, 2.45) is 28.9 Å². The first-order valence-electron chi connectivity index (χ1n) is 8.69. The first-order chi connectivity index (χ1) is 9.71. The van der Waals surface area contributed by atoms with E-state index in [0.717, 1.165) is 30.8 Å². The molecule has 4 aliphatic carbocycles. The Hall–Kier alpha value is -0.520. The average molecular weight is 272 g/mol. The fourth-order valence-corrected chi connectivity index (χ4v) is 5.84. The van der Waals surface area contributed by atoms with Crippen molar-refractivity contribution in [3.05, 3.63) is 0 Å². The van der Waals surface area contributed by atoms with Crippen molar-refractivity contribution in [3.8, 4) is 11.8 Å². The van der Waals surface area contributed by atoms with Crippen molar-refractivity contribution < 1.29 is 0 Å². The van der Waals surface area contributed by atoms with Gasteiger partial charge in [0.2, 0.25) is 0 Å². The molecular weight excluding hydrogens is 244 g/mol. The summed E-state index contributed by atoms with van der Waals surface area (Å²) in [6.07, 6.45) is 11.2. The van der Waals surface area contributed by atoms with Crippen molar-refractivity contribution in [2.75, 3.05) is 19.6 Å². The zero-order chi connectivity index (χ0) is 13.6. The highest BCUT2D eigenvalue weighted by Gasteiger charge is 2.50. The Bertz CT molecular complexity index is 395. The van der Waals surface area contributed by atoms with Crippen LogP contribution in [0.5, 0.6) is 0 Å². The second-order valence-corrected chi connectivity index (χ2v) is 8.14. The number of nitrogens with zero attached hydrogens (tertiary/aromatic N) is 1. The standard InChI is InChI=1S/C18H28N2/c19-17-3-1-5-20(13-17)6-2-4-18-10-14-7-15(11-18)9-16(8-14)12-18/h14-17H,1,3,5-13,19H2. The average Bonchev–Trinajstić information content (AvgIpc) is 2.36. The third-order valence-corrected chi connectivity index (χ3v) is 6.24. The molecule has 1 aliphatic heterocycles.